The summed E-state index contributed by atoms with van der Waals surface area (Å²) in [5, 5.41) is 11.0. The Bertz CT molecular complexity index is 418. The fraction of sp³-hybridized carbons (Fsp3) is 0.467. The molecular weight excluding hydrogens is 232 g/mol. The molecule has 0 aliphatic heterocycles. The Balaban J connectivity index is 1.95. The minimum atomic E-state index is -0.544. The third kappa shape index (κ3) is 3.77. The summed E-state index contributed by atoms with van der Waals surface area (Å²) >= 11 is 5.80. The van der Waals surface area contributed by atoms with Crippen LogP contribution in [0.15, 0.2) is 24.3 Å². The van der Waals surface area contributed by atoms with Gasteiger partial charge in [0.25, 0.3) is 0 Å². The Morgan fingerprint density at radius 2 is 1.76 bits per heavy atom. The molecule has 1 aromatic rings. The first-order valence-corrected chi connectivity index (χ1v) is 6.53. The number of aliphatic hydroxyl groups is 1. The van der Waals surface area contributed by atoms with Crippen LogP contribution in [0.3, 0.4) is 0 Å². The van der Waals surface area contributed by atoms with Gasteiger partial charge in [0, 0.05) is 17.0 Å². The van der Waals surface area contributed by atoms with E-state index in [-0.39, 0.29) is 0 Å². The molecule has 0 aromatic heterocycles. The monoisotopic (exact) mass is 248 g/mol. The van der Waals surface area contributed by atoms with E-state index in [4.69, 9.17) is 11.6 Å². The van der Waals surface area contributed by atoms with Crippen LogP contribution in [0.25, 0.3) is 0 Å². The molecule has 1 N–H and O–H groups in total. The van der Waals surface area contributed by atoms with E-state index in [9.17, 15) is 5.11 Å². The van der Waals surface area contributed by atoms with Crippen molar-refractivity contribution >= 4 is 11.6 Å². The van der Waals surface area contributed by atoms with Gasteiger partial charge in [-0.2, -0.15) is 0 Å². The molecule has 90 valence electrons. The van der Waals surface area contributed by atoms with Gasteiger partial charge in [-0.1, -0.05) is 42.7 Å². The summed E-state index contributed by atoms with van der Waals surface area (Å²) in [4.78, 5) is 0. The lowest BCUT2D eigenvalue weighted by molar-refractivity contribution is 0.00895. The molecule has 0 saturated heterocycles. The van der Waals surface area contributed by atoms with Crippen molar-refractivity contribution in [1.29, 1.82) is 0 Å². The average Bonchev–Trinajstić information content (AvgIpc) is 2.32. The molecular formula is C15H17ClO. The van der Waals surface area contributed by atoms with Gasteiger partial charge >= 0.3 is 0 Å². The number of rotatable bonds is 1. The zero-order chi connectivity index (χ0) is 12.1. The predicted molar refractivity (Wildman–Crippen MR) is 71.0 cm³/mol. The molecule has 2 heteroatoms. The molecule has 0 radical (unpaired) electrons. The summed E-state index contributed by atoms with van der Waals surface area (Å²) < 4.78 is 0. The van der Waals surface area contributed by atoms with Crippen LogP contribution in [0.2, 0.25) is 5.02 Å². The molecule has 1 aromatic carbocycles. The van der Waals surface area contributed by atoms with Gasteiger partial charge in [0.15, 0.2) is 0 Å². The van der Waals surface area contributed by atoms with E-state index in [1.807, 2.05) is 24.3 Å². The van der Waals surface area contributed by atoms with Gasteiger partial charge in [-0.25, -0.2) is 0 Å². The maximum absolute atomic E-state index is 10.3. The molecule has 1 nitrogen and oxygen atoms in total. The first-order valence-electron chi connectivity index (χ1n) is 6.15. The largest absolute Gasteiger partial charge is 0.389 e. The SMILES string of the molecule is OC1(CC#Cc2ccc(Cl)cc2)CCCCC1. The van der Waals surface area contributed by atoms with Crippen molar-refractivity contribution in [3.05, 3.63) is 34.9 Å². The van der Waals surface area contributed by atoms with E-state index in [1.54, 1.807) is 0 Å². The molecule has 0 spiro atoms. The molecule has 0 heterocycles. The fourth-order valence-corrected chi connectivity index (χ4v) is 2.36. The molecule has 1 aliphatic rings. The van der Waals surface area contributed by atoms with E-state index in [0.29, 0.717) is 6.42 Å². The van der Waals surface area contributed by atoms with Crippen LogP contribution in [-0.4, -0.2) is 10.7 Å². The molecule has 2 rings (SSSR count). The van der Waals surface area contributed by atoms with E-state index < -0.39 is 5.60 Å². The van der Waals surface area contributed by atoms with Crippen molar-refractivity contribution in [2.45, 2.75) is 44.1 Å². The number of hydrogen-bond acceptors (Lipinski definition) is 1. The van der Waals surface area contributed by atoms with Crippen LogP contribution in [0, 0.1) is 11.8 Å². The summed E-state index contributed by atoms with van der Waals surface area (Å²) in [6.07, 6.45) is 5.85. The average molecular weight is 249 g/mol. The first-order chi connectivity index (χ1) is 8.18. The second kappa shape index (κ2) is 5.58. The van der Waals surface area contributed by atoms with Crippen molar-refractivity contribution in [2.24, 2.45) is 0 Å². The quantitative estimate of drug-likeness (QED) is 0.750. The Kier molecular flexibility index (Phi) is 4.10. The van der Waals surface area contributed by atoms with Crippen molar-refractivity contribution in [1.82, 2.24) is 0 Å². The van der Waals surface area contributed by atoms with Crippen LogP contribution in [0.5, 0.6) is 0 Å². The minimum absolute atomic E-state index is 0.544. The summed E-state index contributed by atoms with van der Waals surface area (Å²) in [5.41, 5.74) is 0.409. The molecule has 17 heavy (non-hydrogen) atoms. The van der Waals surface area contributed by atoms with Gasteiger partial charge in [0.1, 0.15) is 0 Å². The second-order valence-electron chi connectivity index (χ2n) is 4.77. The molecule has 1 saturated carbocycles. The molecule has 0 bridgehead atoms. The normalized spacial score (nSPS) is 18.2. The van der Waals surface area contributed by atoms with E-state index in [0.717, 1.165) is 36.3 Å². The van der Waals surface area contributed by atoms with E-state index in [1.165, 1.54) is 6.42 Å². The third-order valence-corrected chi connectivity index (χ3v) is 3.53. The van der Waals surface area contributed by atoms with Gasteiger partial charge in [-0.05, 0) is 37.1 Å². The Hall–Kier alpha value is -0.970. The predicted octanol–water partition coefficient (Wildman–Crippen LogP) is 3.78. The Morgan fingerprint density at radius 3 is 2.41 bits per heavy atom. The number of benzene rings is 1. The lowest BCUT2D eigenvalue weighted by Gasteiger charge is -2.30. The van der Waals surface area contributed by atoms with Crippen LogP contribution in [0.4, 0.5) is 0 Å². The molecule has 1 fully saturated rings. The highest BCUT2D eigenvalue weighted by Gasteiger charge is 2.27. The Morgan fingerprint density at radius 1 is 1.12 bits per heavy atom. The standard InChI is InChI=1S/C15H17ClO/c16-14-8-6-13(7-9-14)5-4-12-15(17)10-2-1-3-11-15/h6-9,17H,1-3,10-12H2. The molecule has 0 amide bonds. The summed E-state index contributed by atoms with van der Waals surface area (Å²) in [7, 11) is 0. The number of halogens is 1. The van der Waals surface area contributed by atoms with Gasteiger partial charge in [-0.15, -0.1) is 0 Å². The molecule has 0 atom stereocenters. The maximum atomic E-state index is 10.3. The number of hydrogen-bond donors (Lipinski definition) is 1. The van der Waals surface area contributed by atoms with Crippen molar-refractivity contribution in [3.8, 4) is 11.8 Å². The maximum Gasteiger partial charge on any atom is 0.0756 e. The second-order valence-corrected chi connectivity index (χ2v) is 5.21. The van der Waals surface area contributed by atoms with Crippen LogP contribution in [-0.2, 0) is 0 Å². The lowest BCUT2D eigenvalue weighted by Crippen LogP contribution is -2.30. The fourth-order valence-electron chi connectivity index (χ4n) is 2.23. The molecule has 0 unspecified atom stereocenters. The zero-order valence-electron chi connectivity index (χ0n) is 9.88. The summed E-state index contributed by atoms with van der Waals surface area (Å²) in [5.74, 6) is 6.16. The van der Waals surface area contributed by atoms with E-state index >= 15 is 0 Å². The highest BCUT2D eigenvalue weighted by atomic mass is 35.5. The topological polar surface area (TPSA) is 20.2 Å². The highest BCUT2D eigenvalue weighted by Crippen LogP contribution is 2.30. The highest BCUT2D eigenvalue weighted by molar-refractivity contribution is 6.30. The minimum Gasteiger partial charge on any atom is -0.389 e. The smallest absolute Gasteiger partial charge is 0.0756 e. The first kappa shape index (κ1) is 12.5. The van der Waals surface area contributed by atoms with Crippen molar-refractivity contribution in [3.63, 3.8) is 0 Å². The zero-order valence-corrected chi connectivity index (χ0v) is 10.6. The molecule has 1 aliphatic carbocycles. The third-order valence-electron chi connectivity index (χ3n) is 3.28. The summed E-state index contributed by atoms with van der Waals surface area (Å²) in [6, 6.07) is 7.47. The van der Waals surface area contributed by atoms with Crippen molar-refractivity contribution < 1.29 is 5.11 Å². The van der Waals surface area contributed by atoms with Crippen LogP contribution < -0.4 is 0 Å². The van der Waals surface area contributed by atoms with Crippen LogP contribution in [0.1, 0.15) is 44.1 Å². The Labute approximate surface area is 108 Å². The van der Waals surface area contributed by atoms with Gasteiger partial charge in [0.2, 0.25) is 0 Å². The van der Waals surface area contributed by atoms with Gasteiger partial charge < -0.3 is 5.11 Å². The van der Waals surface area contributed by atoms with Crippen molar-refractivity contribution in [2.75, 3.05) is 0 Å². The van der Waals surface area contributed by atoms with Crippen LogP contribution >= 0.6 is 11.6 Å². The lowest BCUT2D eigenvalue weighted by atomic mass is 9.83. The van der Waals surface area contributed by atoms with E-state index in [2.05, 4.69) is 11.8 Å². The van der Waals surface area contributed by atoms with Gasteiger partial charge in [-0.3, -0.25) is 0 Å². The van der Waals surface area contributed by atoms with Gasteiger partial charge in [0.05, 0.1) is 5.60 Å². The summed E-state index contributed by atoms with van der Waals surface area (Å²) in [6.45, 7) is 0.